The molecule has 4 heteroatoms. The summed E-state index contributed by atoms with van der Waals surface area (Å²) in [5.74, 6) is 0.0582. The fourth-order valence-electron chi connectivity index (χ4n) is 1.96. The lowest BCUT2D eigenvalue weighted by Crippen LogP contribution is -2.03. The molecule has 0 spiro atoms. The summed E-state index contributed by atoms with van der Waals surface area (Å²) < 4.78 is 1.11. The van der Waals surface area contributed by atoms with Gasteiger partial charge in [0.15, 0.2) is 5.78 Å². The summed E-state index contributed by atoms with van der Waals surface area (Å²) in [6, 6.07) is 5.79. The molecule has 1 heterocycles. The quantitative estimate of drug-likeness (QED) is 0.616. The van der Waals surface area contributed by atoms with Gasteiger partial charge < -0.3 is 4.90 Å². The average molecular weight is 294 g/mol. The Morgan fingerprint density at radius 3 is 2.79 bits per heavy atom. The molecule has 2 aromatic rings. The highest BCUT2D eigenvalue weighted by Gasteiger charge is 2.15. The van der Waals surface area contributed by atoms with Gasteiger partial charge in [-0.2, -0.15) is 0 Å². The van der Waals surface area contributed by atoms with Gasteiger partial charge in [0.05, 0.1) is 4.88 Å². The molecule has 0 unspecified atom stereocenters. The van der Waals surface area contributed by atoms with Crippen LogP contribution in [0, 0.1) is 0 Å². The predicted molar refractivity (Wildman–Crippen MR) is 83.4 cm³/mol. The number of benzene rings is 1. The van der Waals surface area contributed by atoms with Crippen LogP contribution in [0.25, 0.3) is 10.1 Å². The number of hydrogen-bond acceptors (Lipinski definition) is 3. The standard InChI is InChI=1S/C15H16ClNOS/c1-4-11-12-9-10(16)5-6-14(12)19-15(11)13(18)7-8-17(2)3/h5-9H,4H2,1-3H3. The molecule has 0 aliphatic heterocycles. The minimum atomic E-state index is 0.0582. The molecule has 1 aromatic heterocycles. The van der Waals surface area contributed by atoms with Crippen molar-refractivity contribution in [2.24, 2.45) is 0 Å². The van der Waals surface area contributed by atoms with Crippen molar-refractivity contribution in [3.8, 4) is 0 Å². The summed E-state index contributed by atoms with van der Waals surface area (Å²) in [4.78, 5) is 14.9. The van der Waals surface area contributed by atoms with Crippen molar-refractivity contribution < 1.29 is 4.79 Å². The van der Waals surface area contributed by atoms with Crippen molar-refractivity contribution in [3.63, 3.8) is 0 Å². The van der Waals surface area contributed by atoms with Crippen LogP contribution in [0.3, 0.4) is 0 Å². The molecular formula is C15H16ClNOS. The Bertz CT molecular complexity index is 643. The molecule has 19 heavy (non-hydrogen) atoms. The van der Waals surface area contributed by atoms with Crippen LogP contribution < -0.4 is 0 Å². The Morgan fingerprint density at radius 2 is 2.16 bits per heavy atom. The Morgan fingerprint density at radius 1 is 1.42 bits per heavy atom. The maximum Gasteiger partial charge on any atom is 0.197 e. The van der Waals surface area contributed by atoms with Crippen LogP contribution in [-0.2, 0) is 6.42 Å². The fourth-order valence-corrected chi connectivity index (χ4v) is 3.33. The van der Waals surface area contributed by atoms with E-state index in [0.29, 0.717) is 5.02 Å². The van der Waals surface area contributed by atoms with Crippen LogP contribution in [0.15, 0.2) is 30.5 Å². The van der Waals surface area contributed by atoms with Crippen LogP contribution in [0.5, 0.6) is 0 Å². The summed E-state index contributed by atoms with van der Waals surface area (Å²) in [5, 5.41) is 1.81. The lowest BCUT2D eigenvalue weighted by molar-refractivity contribution is 0.104. The van der Waals surface area contributed by atoms with E-state index in [1.165, 1.54) is 11.3 Å². The zero-order valence-electron chi connectivity index (χ0n) is 11.2. The number of halogens is 1. The van der Waals surface area contributed by atoms with Gasteiger partial charge in [-0.25, -0.2) is 0 Å². The Hall–Kier alpha value is -1.32. The molecule has 0 radical (unpaired) electrons. The summed E-state index contributed by atoms with van der Waals surface area (Å²) in [5.41, 5.74) is 1.09. The van der Waals surface area contributed by atoms with Gasteiger partial charge in [-0.15, -0.1) is 11.3 Å². The van der Waals surface area contributed by atoms with Crippen LogP contribution in [0.2, 0.25) is 5.02 Å². The molecule has 2 nitrogen and oxygen atoms in total. The molecule has 0 fully saturated rings. The first-order chi connectivity index (χ1) is 9.02. The number of aryl methyl sites for hydroxylation is 1. The van der Waals surface area contributed by atoms with Gasteiger partial charge in [0, 0.05) is 36.1 Å². The largest absolute Gasteiger partial charge is 0.383 e. The number of rotatable bonds is 4. The van der Waals surface area contributed by atoms with E-state index >= 15 is 0 Å². The second-order valence-corrected chi connectivity index (χ2v) is 6.04. The predicted octanol–water partition coefficient (Wildman–Crippen LogP) is 4.38. The number of carbonyl (C=O) groups is 1. The monoisotopic (exact) mass is 293 g/mol. The number of ketones is 1. The Balaban J connectivity index is 2.51. The van der Waals surface area contributed by atoms with E-state index in [4.69, 9.17) is 11.6 Å². The molecule has 1 aromatic carbocycles. The smallest absolute Gasteiger partial charge is 0.197 e. The van der Waals surface area contributed by atoms with Gasteiger partial charge in [-0.05, 0) is 35.6 Å². The van der Waals surface area contributed by atoms with Gasteiger partial charge >= 0.3 is 0 Å². The normalized spacial score (nSPS) is 11.4. The molecular weight excluding hydrogens is 278 g/mol. The van der Waals surface area contributed by atoms with Crippen molar-refractivity contribution >= 4 is 38.8 Å². The second kappa shape index (κ2) is 5.76. The third-order valence-corrected chi connectivity index (χ3v) is 4.32. The first kappa shape index (κ1) is 14.1. The topological polar surface area (TPSA) is 20.3 Å². The third kappa shape index (κ3) is 2.99. The zero-order chi connectivity index (χ0) is 14.0. The number of carbonyl (C=O) groups excluding carboxylic acids is 1. The highest BCUT2D eigenvalue weighted by molar-refractivity contribution is 7.21. The molecule has 0 saturated heterocycles. The van der Waals surface area contributed by atoms with Crippen LogP contribution >= 0.6 is 22.9 Å². The maximum atomic E-state index is 12.2. The van der Waals surface area contributed by atoms with E-state index in [-0.39, 0.29) is 5.78 Å². The summed E-state index contributed by atoms with van der Waals surface area (Å²) in [6.07, 6.45) is 4.22. The van der Waals surface area contributed by atoms with Crippen LogP contribution in [0.1, 0.15) is 22.2 Å². The molecule has 0 aliphatic carbocycles. The van der Waals surface area contributed by atoms with Crippen molar-refractivity contribution in [2.45, 2.75) is 13.3 Å². The van der Waals surface area contributed by atoms with Crippen molar-refractivity contribution in [2.75, 3.05) is 14.1 Å². The summed E-state index contributed by atoms with van der Waals surface area (Å²) in [6.45, 7) is 2.06. The number of nitrogens with zero attached hydrogens (tertiary/aromatic N) is 1. The van der Waals surface area contributed by atoms with Crippen molar-refractivity contribution in [1.82, 2.24) is 4.90 Å². The average Bonchev–Trinajstić information content (AvgIpc) is 2.73. The van der Waals surface area contributed by atoms with Crippen LogP contribution in [-0.4, -0.2) is 24.8 Å². The minimum Gasteiger partial charge on any atom is -0.383 e. The summed E-state index contributed by atoms with van der Waals surface area (Å²) in [7, 11) is 3.80. The molecule has 100 valence electrons. The minimum absolute atomic E-state index is 0.0582. The molecule has 0 atom stereocenters. The van der Waals surface area contributed by atoms with Gasteiger partial charge in [-0.3, -0.25) is 4.79 Å². The maximum absolute atomic E-state index is 12.2. The fraction of sp³-hybridized carbons (Fsp3) is 0.267. The molecule has 2 rings (SSSR count). The lowest BCUT2D eigenvalue weighted by Gasteiger charge is -2.03. The molecule has 0 amide bonds. The first-order valence-corrected chi connectivity index (χ1v) is 7.32. The van der Waals surface area contributed by atoms with Gasteiger partial charge in [0.2, 0.25) is 0 Å². The van der Waals surface area contributed by atoms with E-state index < -0.39 is 0 Å². The summed E-state index contributed by atoms with van der Waals surface area (Å²) >= 11 is 7.58. The van der Waals surface area contributed by atoms with Crippen molar-refractivity contribution in [1.29, 1.82) is 0 Å². The highest BCUT2D eigenvalue weighted by atomic mass is 35.5. The zero-order valence-corrected chi connectivity index (χ0v) is 12.8. The van der Waals surface area contributed by atoms with E-state index in [9.17, 15) is 4.79 Å². The van der Waals surface area contributed by atoms with E-state index in [0.717, 1.165) is 26.9 Å². The Labute approximate surface area is 122 Å². The number of fused-ring (bicyclic) bond motifs is 1. The number of thiophene rings is 1. The lowest BCUT2D eigenvalue weighted by atomic mass is 10.1. The molecule has 0 bridgehead atoms. The molecule has 0 N–H and O–H groups in total. The van der Waals surface area contributed by atoms with Crippen LogP contribution in [0.4, 0.5) is 0 Å². The third-order valence-electron chi connectivity index (χ3n) is 2.85. The van der Waals surface area contributed by atoms with E-state index in [2.05, 4.69) is 6.92 Å². The molecule has 0 saturated carbocycles. The van der Waals surface area contributed by atoms with E-state index in [1.807, 2.05) is 37.2 Å². The second-order valence-electron chi connectivity index (χ2n) is 4.55. The number of allylic oxidation sites excluding steroid dienone is 1. The number of hydrogen-bond donors (Lipinski definition) is 0. The van der Waals surface area contributed by atoms with Gasteiger partial charge in [0.25, 0.3) is 0 Å². The van der Waals surface area contributed by atoms with Gasteiger partial charge in [0.1, 0.15) is 0 Å². The van der Waals surface area contributed by atoms with Gasteiger partial charge in [-0.1, -0.05) is 18.5 Å². The van der Waals surface area contributed by atoms with Crippen molar-refractivity contribution in [3.05, 3.63) is 45.9 Å². The first-order valence-electron chi connectivity index (χ1n) is 6.12. The SMILES string of the molecule is CCc1c(C(=O)C=CN(C)C)sc2ccc(Cl)cc12. The highest BCUT2D eigenvalue weighted by Crippen LogP contribution is 2.34. The van der Waals surface area contributed by atoms with E-state index in [1.54, 1.807) is 12.3 Å². The molecule has 0 aliphatic rings. The Kier molecular flexibility index (Phi) is 4.27.